The van der Waals surface area contributed by atoms with E-state index in [2.05, 4.69) is 44.5 Å². The van der Waals surface area contributed by atoms with Gasteiger partial charge in [-0.15, -0.1) is 0 Å². The van der Waals surface area contributed by atoms with Crippen LogP contribution < -0.4 is 14.8 Å². The molecule has 2 N–H and O–H groups in total. The molecule has 0 fully saturated rings. The standard InChI is InChI=1S/C39H34N4O5S/c1-23-20-40-34(24(2)36(23)46-3)22-49-38-41-32-18-17-26(19-33(32)42-38)48-37(44)35(25-11-5-4-6-12-25)43-39(45)47-21-31-29-15-9-7-13-27(29)28-14-8-10-16-30(28)31/h4-20,31,35H,21-22H2,1-3H3,(H,41,42)(H,43,45)/t35-/m0/s1. The highest BCUT2D eigenvalue weighted by Gasteiger charge is 2.31. The van der Waals surface area contributed by atoms with Crippen molar-refractivity contribution in [1.29, 1.82) is 0 Å². The molecule has 0 bridgehead atoms. The number of benzene rings is 4. The number of nitrogens with zero attached hydrogens (tertiary/aromatic N) is 2. The Balaban J connectivity index is 1.03. The molecule has 0 spiro atoms. The maximum atomic E-state index is 13.6. The number of hydrogen-bond acceptors (Lipinski definition) is 8. The lowest BCUT2D eigenvalue weighted by Gasteiger charge is -2.19. The van der Waals surface area contributed by atoms with Crippen molar-refractivity contribution in [3.8, 4) is 22.6 Å². The first-order valence-electron chi connectivity index (χ1n) is 15.9. The summed E-state index contributed by atoms with van der Waals surface area (Å²) in [5.74, 6) is 0.995. The van der Waals surface area contributed by atoms with Crippen LogP contribution in [0.5, 0.6) is 11.5 Å². The maximum Gasteiger partial charge on any atom is 0.408 e. The van der Waals surface area contributed by atoms with Crippen LogP contribution in [0.15, 0.2) is 108 Å². The molecule has 1 amide bonds. The first-order chi connectivity index (χ1) is 23.9. The number of thioether (sulfide) groups is 1. The van der Waals surface area contributed by atoms with Crippen LogP contribution in [-0.4, -0.2) is 40.7 Å². The fourth-order valence-corrected chi connectivity index (χ4v) is 7.22. The Bertz CT molecular complexity index is 2120. The molecular formula is C39H34N4O5S. The van der Waals surface area contributed by atoms with E-state index in [1.807, 2.05) is 50.4 Å². The Morgan fingerprint density at radius 2 is 1.61 bits per heavy atom. The third-order valence-corrected chi connectivity index (χ3v) is 9.60. The number of nitrogens with one attached hydrogen (secondary N) is 2. The second kappa shape index (κ2) is 13.9. The van der Waals surface area contributed by atoms with Gasteiger partial charge < -0.3 is 24.5 Å². The number of alkyl carbamates (subject to hydrolysis) is 1. The third-order valence-electron chi connectivity index (χ3n) is 8.72. The van der Waals surface area contributed by atoms with E-state index in [-0.39, 0.29) is 12.5 Å². The number of amides is 1. The van der Waals surface area contributed by atoms with Crippen LogP contribution in [0.4, 0.5) is 4.79 Å². The molecule has 6 aromatic rings. The Kier molecular flexibility index (Phi) is 9.04. The van der Waals surface area contributed by atoms with E-state index in [4.69, 9.17) is 14.2 Å². The number of rotatable bonds is 10. The van der Waals surface area contributed by atoms with Crippen molar-refractivity contribution in [2.75, 3.05) is 13.7 Å². The molecule has 0 aliphatic heterocycles. The van der Waals surface area contributed by atoms with Crippen LogP contribution in [0.3, 0.4) is 0 Å². The molecule has 49 heavy (non-hydrogen) atoms. The van der Waals surface area contributed by atoms with Gasteiger partial charge in [0.05, 0.1) is 23.8 Å². The molecular weight excluding hydrogens is 637 g/mol. The summed E-state index contributed by atoms with van der Waals surface area (Å²) in [7, 11) is 1.66. The van der Waals surface area contributed by atoms with Crippen molar-refractivity contribution in [2.45, 2.75) is 36.7 Å². The molecule has 7 rings (SSSR count). The van der Waals surface area contributed by atoms with Gasteiger partial charge in [-0.05, 0) is 53.8 Å². The van der Waals surface area contributed by atoms with Gasteiger partial charge in [0.1, 0.15) is 18.1 Å². The SMILES string of the molecule is COc1c(C)cnc(CSc2nc3ccc(OC(=O)[C@@H](NC(=O)OCC4c5ccccc5-c5ccccc54)c4ccccc4)cc3[nH]2)c1C. The monoisotopic (exact) mass is 670 g/mol. The zero-order valence-corrected chi connectivity index (χ0v) is 28.0. The van der Waals surface area contributed by atoms with Crippen molar-refractivity contribution in [1.82, 2.24) is 20.3 Å². The van der Waals surface area contributed by atoms with Gasteiger partial charge in [-0.25, -0.2) is 14.6 Å². The van der Waals surface area contributed by atoms with Crippen molar-refractivity contribution >= 4 is 34.9 Å². The second-order valence-corrected chi connectivity index (χ2v) is 12.8. The third kappa shape index (κ3) is 6.60. The number of carbonyl (C=O) groups excluding carboxylic acids is 2. The number of aromatic nitrogens is 3. The van der Waals surface area contributed by atoms with Crippen molar-refractivity contribution < 1.29 is 23.8 Å². The van der Waals surface area contributed by atoms with Gasteiger partial charge >= 0.3 is 12.1 Å². The summed E-state index contributed by atoms with van der Waals surface area (Å²) in [4.78, 5) is 39.4. The van der Waals surface area contributed by atoms with Gasteiger partial charge in [-0.2, -0.15) is 0 Å². The van der Waals surface area contributed by atoms with E-state index in [0.717, 1.165) is 50.3 Å². The number of aromatic amines is 1. The van der Waals surface area contributed by atoms with E-state index in [0.29, 0.717) is 27.7 Å². The summed E-state index contributed by atoms with van der Waals surface area (Å²) in [6, 6.07) is 29.3. The average Bonchev–Trinajstić information content (AvgIpc) is 3.68. The molecule has 9 nitrogen and oxygen atoms in total. The van der Waals surface area contributed by atoms with Crippen LogP contribution in [0.25, 0.3) is 22.2 Å². The van der Waals surface area contributed by atoms with E-state index in [1.165, 1.54) is 11.8 Å². The predicted octanol–water partition coefficient (Wildman–Crippen LogP) is 8.06. The van der Waals surface area contributed by atoms with Crippen LogP contribution in [0, 0.1) is 13.8 Å². The van der Waals surface area contributed by atoms with Crippen molar-refractivity contribution in [3.63, 3.8) is 0 Å². The van der Waals surface area contributed by atoms with E-state index >= 15 is 0 Å². The summed E-state index contributed by atoms with van der Waals surface area (Å²) >= 11 is 1.52. The van der Waals surface area contributed by atoms with Gasteiger partial charge in [-0.1, -0.05) is 90.6 Å². The number of H-pyrrole nitrogens is 1. The Morgan fingerprint density at radius 3 is 2.33 bits per heavy atom. The number of fused-ring (bicyclic) bond motifs is 4. The number of carbonyl (C=O) groups is 2. The first-order valence-corrected chi connectivity index (χ1v) is 16.9. The molecule has 10 heteroatoms. The maximum absolute atomic E-state index is 13.6. The Hall–Kier alpha value is -5.61. The second-order valence-electron chi connectivity index (χ2n) is 11.8. The number of ether oxygens (including phenoxy) is 3. The first kappa shape index (κ1) is 32.0. The summed E-state index contributed by atoms with van der Waals surface area (Å²) in [5, 5.41) is 3.45. The molecule has 1 aliphatic carbocycles. The quantitative estimate of drug-likeness (QED) is 0.0855. The minimum atomic E-state index is -1.09. The van der Waals surface area contributed by atoms with E-state index < -0.39 is 18.1 Å². The summed E-state index contributed by atoms with van der Waals surface area (Å²) in [5.41, 5.74) is 9.39. The van der Waals surface area contributed by atoms with Gasteiger partial charge in [0.2, 0.25) is 0 Å². The lowest BCUT2D eigenvalue weighted by Crippen LogP contribution is -2.37. The zero-order valence-electron chi connectivity index (χ0n) is 27.2. The predicted molar refractivity (Wildman–Crippen MR) is 189 cm³/mol. The van der Waals surface area contributed by atoms with Gasteiger partial charge in [0.15, 0.2) is 11.2 Å². The fourth-order valence-electron chi connectivity index (χ4n) is 6.31. The molecule has 0 unspecified atom stereocenters. The van der Waals surface area contributed by atoms with Gasteiger partial charge in [0, 0.05) is 35.1 Å². The average molecular weight is 671 g/mol. The van der Waals surface area contributed by atoms with Crippen LogP contribution in [-0.2, 0) is 15.3 Å². The van der Waals surface area contributed by atoms with Crippen LogP contribution in [0.2, 0.25) is 0 Å². The van der Waals surface area contributed by atoms with Crippen molar-refractivity contribution in [3.05, 3.63) is 137 Å². The minimum Gasteiger partial charge on any atom is -0.496 e. The molecule has 0 radical (unpaired) electrons. The number of esters is 1. The Morgan fingerprint density at radius 1 is 0.918 bits per heavy atom. The molecule has 1 atom stereocenters. The smallest absolute Gasteiger partial charge is 0.408 e. The highest BCUT2D eigenvalue weighted by atomic mass is 32.2. The molecule has 0 saturated carbocycles. The summed E-state index contributed by atoms with van der Waals surface area (Å²) in [6.45, 7) is 4.10. The summed E-state index contributed by atoms with van der Waals surface area (Å²) < 4.78 is 17.1. The molecule has 246 valence electrons. The lowest BCUT2D eigenvalue weighted by molar-refractivity contribution is -0.136. The summed E-state index contributed by atoms with van der Waals surface area (Å²) in [6.07, 6.45) is 1.10. The highest BCUT2D eigenvalue weighted by molar-refractivity contribution is 7.98. The molecule has 1 aliphatic rings. The number of aryl methyl sites for hydroxylation is 1. The van der Waals surface area contributed by atoms with Gasteiger partial charge in [-0.3, -0.25) is 4.98 Å². The zero-order chi connectivity index (χ0) is 33.9. The number of imidazole rings is 1. The largest absolute Gasteiger partial charge is 0.496 e. The normalized spacial score (nSPS) is 12.6. The Labute approximate surface area is 288 Å². The molecule has 4 aromatic carbocycles. The number of methoxy groups -OCH3 is 1. The topological polar surface area (TPSA) is 115 Å². The van der Waals surface area contributed by atoms with E-state index in [1.54, 1.807) is 49.6 Å². The number of pyridine rings is 1. The minimum absolute atomic E-state index is 0.107. The lowest BCUT2D eigenvalue weighted by atomic mass is 9.98. The fraction of sp³-hybridized carbons (Fsp3) is 0.179. The molecule has 0 saturated heterocycles. The van der Waals surface area contributed by atoms with Crippen molar-refractivity contribution in [2.24, 2.45) is 0 Å². The van der Waals surface area contributed by atoms with Gasteiger partial charge in [0.25, 0.3) is 0 Å². The van der Waals surface area contributed by atoms with Crippen LogP contribution >= 0.6 is 11.8 Å². The number of hydrogen-bond donors (Lipinski definition) is 2. The van der Waals surface area contributed by atoms with Crippen LogP contribution in [0.1, 0.15) is 45.5 Å². The molecule has 2 heterocycles. The highest BCUT2D eigenvalue weighted by Crippen LogP contribution is 2.44. The molecule has 2 aromatic heterocycles. The van der Waals surface area contributed by atoms with E-state index in [9.17, 15) is 9.59 Å².